The van der Waals surface area contributed by atoms with E-state index in [0.717, 1.165) is 5.56 Å². The van der Waals surface area contributed by atoms with Crippen molar-refractivity contribution >= 4 is 17.4 Å². The SMILES string of the molecule is CC(C)c1ccc(N2C(=O)C(O)=C(C(=O)c3ccco3)C2c2ccc(O)cc2)cc1. The fourth-order valence-corrected chi connectivity index (χ4v) is 3.64. The normalized spacial score (nSPS) is 16.6. The van der Waals surface area contributed by atoms with Crippen molar-refractivity contribution in [1.29, 1.82) is 0 Å². The Balaban J connectivity index is 1.84. The van der Waals surface area contributed by atoms with Gasteiger partial charge in [0, 0.05) is 5.69 Å². The van der Waals surface area contributed by atoms with Crippen LogP contribution >= 0.6 is 0 Å². The summed E-state index contributed by atoms with van der Waals surface area (Å²) in [6, 6.07) is 15.8. The van der Waals surface area contributed by atoms with Crippen LogP contribution in [0.2, 0.25) is 0 Å². The lowest BCUT2D eigenvalue weighted by Gasteiger charge is -2.27. The number of rotatable bonds is 5. The van der Waals surface area contributed by atoms with Crippen LogP contribution in [0, 0.1) is 0 Å². The predicted molar refractivity (Wildman–Crippen MR) is 112 cm³/mol. The van der Waals surface area contributed by atoms with E-state index in [9.17, 15) is 19.8 Å². The van der Waals surface area contributed by atoms with E-state index in [1.54, 1.807) is 30.3 Å². The van der Waals surface area contributed by atoms with Crippen molar-refractivity contribution in [3.63, 3.8) is 0 Å². The lowest BCUT2D eigenvalue weighted by molar-refractivity contribution is -0.117. The molecule has 30 heavy (non-hydrogen) atoms. The Hall–Kier alpha value is -3.80. The maximum absolute atomic E-state index is 13.1. The Bertz CT molecular complexity index is 1110. The number of amides is 1. The molecular formula is C24H21NO5. The number of anilines is 1. The van der Waals surface area contributed by atoms with E-state index >= 15 is 0 Å². The van der Waals surface area contributed by atoms with E-state index in [2.05, 4.69) is 13.8 Å². The van der Waals surface area contributed by atoms with Gasteiger partial charge in [-0.1, -0.05) is 38.1 Å². The summed E-state index contributed by atoms with van der Waals surface area (Å²) in [4.78, 5) is 27.5. The summed E-state index contributed by atoms with van der Waals surface area (Å²) in [5, 5.41) is 20.3. The van der Waals surface area contributed by atoms with E-state index in [1.165, 1.54) is 29.4 Å². The highest BCUT2D eigenvalue weighted by Gasteiger charge is 2.45. The molecule has 1 aliphatic heterocycles. The summed E-state index contributed by atoms with van der Waals surface area (Å²) < 4.78 is 5.21. The standard InChI is InChI=1S/C24H21NO5/c1-14(2)15-5-9-17(10-6-15)25-21(16-7-11-18(26)12-8-16)20(23(28)24(25)29)22(27)19-4-3-13-30-19/h3-14,21,26,28H,1-2H3. The van der Waals surface area contributed by atoms with Gasteiger partial charge in [-0.3, -0.25) is 14.5 Å². The van der Waals surface area contributed by atoms with Crippen LogP contribution < -0.4 is 4.90 Å². The molecule has 2 N–H and O–H groups in total. The van der Waals surface area contributed by atoms with Crippen LogP contribution in [0.25, 0.3) is 0 Å². The molecule has 1 amide bonds. The Morgan fingerprint density at radius 3 is 2.23 bits per heavy atom. The lowest BCUT2D eigenvalue weighted by atomic mass is 9.94. The predicted octanol–water partition coefficient (Wildman–Crippen LogP) is 4.89. The monoisotopic (exact) mass is 403 g/mol. The number of hydrogen-bond acceptors (Lipinski definition) is 5. The van der Waals surface area contributed by atoms with Crippen molar-refractivity contribution in [2.45, 2.75) is 25.8 Å². The number of phenolic OH excluding ortho intramolecular Hbond substituents is 1. The summed E-state index contributed by atoms with van der Waals surface area (Å²) in [6.07, 6.45) is 1.36. The topological polar surface area (TPSA) is 91.0 Å². The van der Waals surface area contributed by atoms with Crippen LogP contribution in [0.1, 0.15) is 47.5 Å². The van der Waals surface area contributed by atoms with Gasteiger partial charge in [0.2, 0.25) is 5.78 Å². The van der Waals surface area contributed by atoms with Crippen LogP contribution in [0.5, 0.6) is 5.75 Å². The molecule has 0 saturated heterocycles. The molecule has 2 heterocycles. The first-order chi connectivity index (χ1) is 14.4. The number of hydrogen-bond donors (Lipinski definition) is 2. The average molecular weight is 403 g/mol. The minimum absolute atomic E-state index is 0.0325. The molecule has 6 heteroatoms. The maximum Gasteiger partial charge on any atom is 0.294 e. The molecule has 3 aromatic rings. The highest BCUT2D eigenvalue weighted by molar-refractivity contribution is 6.20. The number of carbonyl (C=O) groups excluding carboxylic acids is 2. The van der Waals surface area contributed by atoms with E-state index in [1.807, 2.05) is 12.1 Å². The number of aromatic hydroxyl groups is 1. The fraction of sp³-hybridized carbons (Fsp3) is 0.167. The highest BCUT2D eigenvalue weighted by atomic mass is 16.3. The fourth-order valence-electron chi connectivity index (χ4n) is 3.64. The van der Waals surface area contributed by atoms with Crippen molar-refractivity contribution in [3.8, 4) is 5.75 Å². The smallest absolute Gasteiger partial charge is 0.294 e. The van der Waals surface area contributed by atoms with Crippen LogP contribution in [0.3, 0.4) is 0 Å². The lowest BCUT2D eigenvalue weighted by Crippen LogP contribution is -2.31. The Kier molecular flexibility index (Phi) is 4.91. The third kappa shape index (κ3) is 3.26. The summed E-state index contributed by atoms with van der Waals surface area (Å²) in [7, 11) is 0. The molecule has 0 fully saturated rings. The molecule has 1 atom stereocenters. The van der Waals surface area contributed by atoms with Crippen molar-refractivity contribution in [1.82, 2.24) is 0 Å². The van der Waals surface area contributed by atoms with E-state index in [4.69, 9.17) is 4.42 Å². The van der Waals surface area contributed by atoms with Gasteiger partial charge in [0.05, 0.1) is 17.9 Å². The summed E-state index contributed by atoms with van der Waals surface area (Å²) in [5.74, 6) is -1.43. The minimum Gasteiger partial charge on any atom is -0.508 e. The van der Waals surface area contributed by atoms with E-state index in [0.29, 0.717) is 17.2 Å². The van der Waals surface area contributed by atoms with Gasteiger partial charge in [-0.25, -0.2) is 0 Å². The largest absolute Gasteiger partial charge is 0.508 e. The molecule has 152 valence electrons. The Morgan fingerprint density at radius 1 is 1.00 bits per heavy atom. The van der Waals surface area contributed by atoms with Crippen LogP contribution in [0.4, 0.5) is 5.69 Å². The van der Waals surface area contributed by atoms with Crippen molar-refractivity contribution < 1.29 is 24.2 Å². The van der Waals surface area contributed by atoms with Gasteiger partial charge < -0.3 is 14.6 Å². The molecule has 1 aromatic heterocycles. The molecule has 1 unspecified atom stereocenters. The zero-order chi connectivity index (χ0) is 21.4. The van der Waals surface area contributed by atoms with Gasteiger partial charge in [-0.2, -0.15) is 0 Å². The van der Waals surface area contributed by atoms with Crippen molar-refractivity contribution in [2.75, 3.05) is 4.90 Å². The molecular weight excluding hydrogens is 382 g/mol. The van der Waals surface area contributed by atoms with Crippen LogP contribution in [-0.4, -0.2) is 21.9 Å². The van der Waals surface area contributed by atoms with Gasteiger partial charge in [-0.15, -0.1) is 0 Å². The van der Waals surface area contributed by atoms with Gasteiger partial charge in [-0.05, 0) is 53.4 Å². The molecule has 0 radical (unpaired) electrons. The number of ketones is 1. The first-order valence-corrected chi connectivity index (χ1v) is 9.62. The van der Waals surface area contributed by atoms with E-state index in [-0.39, 0.29) is 17.1 Å². The molecule has 2 aromatic carbocycles. The zero-order valence-corrected chi connectivity index (χ0v) is 16.6. The van der Waals surface area contributed by atoms with Gasteiger partial charge in [0.15, 0.2) is 11.5 Å². The Labute approximate surface area is 173 Å². The third-order valence-corrected chi connectivity index (χ3v) is 5.24. The average Bonchev–Trinajstić information content (AvgIpc) is 3.36. The minimum atomic E-state index is -0.861. The molecule has 0 spiro atoms. The number of carbonyl (C=O) groups is 2. The number of furan rings is 1. The molecule has 4 rings (SSSR count). The molecule has 0 saturated carbocycles. The highest BCUT2D eigenvalue weighted by Crippen LogP contribution is 2.42. The number of phenols is 1. The van der Waals surface area contributed by atoms with E-state index < -0.39 is 23.5 Å². The summed E-state index contributed by atoms with van der Waals surface area (Å²) in [6.45, 7) is 4.14. The molecule has 1 aliphatic rings. The molecule has 0 aliphatic carbocycles. The number of nitrogens with zero attached hydrogens (tertiary/aromatic N) is 1. The second kappa shape index (κ2) is 7.55. The number of aliphatic hydroxyl groups excluding tert-OH is 1. The first-order valence-electron chi connectivity index (χ1n) is 9.62. The van der Waals surface area contributed by atoms with Crippen LogP contribution in [-0.2, 0) is 4.79 Å². The van der Waals surface area contributed by atoms with Gasteiger partial charge in [0.1, 0.15) is 5.75 Å². The summed E-state index contributed by atoms with van der Waals surface area (Å²) >= 11 is 0. The second-order valence-corrected chi connectivity index (χ2v) is 7.48. The molecule has 6 nitrogen and oxygen atoms in total. The van der Waals surface area contributed by atoms with Gasteiger partial charge in [0.25, 0.3) is 5.91 Å². The quantitative estimate of drug-likeness (QED) is 0.592. The maximum atomic E-state index is 13.1. The zero-order valence-electron chi connectivity index (χ0n) is 16.6. The van der Waals surface area contributed by atoms with Crippen molar-refractivity contribution in [3.05, 3.63) is 95.1 Å². The van der Waals surface area contributed by atoms with Crippen LogP contribution in [0.15, 0.2) is 82.7 Å². The Morgan fingerprint density at radius 2 is 1.67 bits per heavy atom. The number of aliphatic hydroxyl groups is 1. The third-order valence-electron chi connectivity index (χ3n) is 5.24. The number of Topliss-reactive ketones (excluding diaryl/α,β-unsaturated/α-hetero) is 1. The first kappa shape index (κ1) is 19.5. The van der Waals surface area contributed by atoms with Crippen molar-refractivity contribution in [2.24, 2.45) is 0 Å². The number of benzene rings is 2. The second-order valence-electron chi connectivity index (χ2n) is 7.48. The van der Waals surface area contributed by atoms with Gasteiger partial charge >= 0.3 is 0 Å². The summed E-state index contributed by atoms with van der Waals surface area (Å²) in [5.41, 5.74) is 2.17. The molecule has 0 bridgehead atoms.